The van der Waals surface area contributed by atoms with Gasteiger partial charge in [-0.25, -0.2) is 0 Å². The van der Waals surface area contributed by atoms with Crippen LogP contribution >= 0.6 is 0 Å². The average molecular weight is 539 g/mol. The zero-order valence-electron chi connectivity index (χ0n) is 25.6. The molecular formula is C35H56NO3+. The summed E-state index contributed by atoms with van der Waals surface area (Å²) in [5.74, 6) is 0.699. The summed E-state index contributed by atoms with van der Waals surface area (Å²) >= 11 is 0. The molecule has 218 valence electrons. The molecule has 0 aliphatic rings. The Balaban J connectivity index is 1.64. The van der Waals surface area contributed by atoms with E-state index in [9.17, 15) is 4.79 Å². The maximum absolute atomic E-state index is 12.7. The van der Waals surface area contributed by atoms with Crippen LogP contribution in [0.4, 0.5) is 0 Å². The van der Waals surface area contributed by atoms with E-state index < -0.39 is 0 Å². The minimum absolute atomic E-state index is 0.00716. The number of esters is 1. The number of carbonyl (C=O) groups is 1. The molecule has 0 aromatic heterocycles. The summed E-state index contributed by atoms with van der Waals surface area (Å²) < 4.78 is 12.7. The van der Waals surface area contributed by atoms with Gasteiger partial charge in [0, 0.05) is 12.0 Å². The number of benzene rings is 2. The molecule has 0 saturated carbocycles. The lowest BCUT2D eigenvalue weighted by atomic mass is 10.0. The molecule has 4 heteroatoms. The van der Waals surface area contributed by atoms with Crippen molar-refractivity contribution in [2.45, 2.75) is 110 Å². The second-order valence-corrected chi connectivity index (χ2v) is 12.1. The standard InChI is InChI=1S/C35H56NO3/c1-6-7-8-9-10-11-12-13-14-18-23-33-24-19-20-25-34(33)39-31(3)26-27-38-35(37)30(2)28-36(4,5)29-32-21-16-15-17-22-32/h15-17,19-22,24-25,30-31H,6-14,18,23,26-29H2,1-5H3/q+1. The second kappa shape index (κ2) is 18.9. The number of rotatable bonds is 21. The minimum atomic E-state index is -0.151. The zero-order valence-corrected chi connectivity index (χ0v) is 25.6. The van der Waals surface area contributed by atoms with E-state index in [1.165, 1.54) is 75.3 Å². The highest BCUT2D eigenvalue weighted by molar-refractivity contribution is 5.72. The van der Waals surface area contributed by atoms with E-state index in [0.717, 1.165) is 29.7 Å². The first-order valence-electron chi connectivity index (χ1n) is 15.6. The fraction of sp³-hybridized carbons (Fsp3) is 0.629. The van der Waals surface area contributed by atoms with Crippen molar-refractivity contribution in [3.63, 3.8) is 0 Å². The number of aryl methyl sites for hydroxylation is 1. The first-order valence-corrected chi connectivity index (χ1v) is 15.6. The van der Waals surface area contributed by atoms with Gasteiger partial charge in [-0.05, 0) is 38.3 Å². The van der Waals surface area contributed by atoms with Crippen molar-refractivity contribution < 1.29 is 18.8 Å². The molecule has 2 unspecified atom stereocenters. The third-order valence-corrected chi connectivity index (χ3v) is 7.49. The monoisotopic (exact) mass is 538 g/mol. The van der Waals surface area contributed by atoms with E-state index in [-0.39, 0.29) is 18.0 Å². The number of carbonyl (C=O) groups excluding carboxylic acids is 1. The van der Waals surface area contributed by atoms with E-state index in [4.69, 9.17) is 9.47 Å². The van der Waals surface area contributed by atoms with E-state index in [1.807, 2.05) is 19.1 Å². The number of unbranched alkanes of at least 4 members (excludes halogenated alkanes) is 9. The molecule has 2 rings (SSSR count). The molecule has 0 heterocycles. The summed E-state index contributed by atoms with van der Waals surface area (Å²) in [6.07, 6.45) is 15.2. The number of para-hydroxylation sites is 1. The predicted octanol–water partition coefficient (Wildman–Crippen LogP) is 8.76. The highest BCUT2D eigenvalue weighted by Gasteiger charge is 2.25. The lowest BCUT2D eigenvalue weighted by molar-refractivity contribution is -0.905. The normalized spacial score (nSPS) is 13.2. The maximum Gasteiger partial charge on any atom is 0.314 e. The molecule has 4 nitrogen and oxygen atoms in total. The maximum atomic E-state index is 12.7. The lowest BCUT2D eigenvalue weighted by Crippen LogP contribution is -2.44. The van der Waals surface area contributed by atoms with Gasteiger partial charge in [-0.1, -0.05) is 113 Å². The molecule has 0 N–H and O–H groups in total. The van der Waals surface area contributed by atoms with Crippen molar-refractivity contribution in [1.29, 1.82) is 0 Å². The van der Waals surface area contributed by atoms with Crippen LogP contribution in [0, 0.1) is 5.92 Å². The van der Waals surface area contributed by atoms with E-state index >= 15 is 0 Å². The van der Waals surface area contributed by atoms with Crippen LogP contribution in [0.2, 0.25) is 0 Å². The number of quaternary nitrogens is 1. The van der Waals surface area contributed by atoms with Crippen LogP contribution in [0.25, 0.3) is 0 Å². The van der Waals surface area contributed by atoms with Crippen molar-refractivity contribution >= 4 is 5.97 Å². The van der Waals surface area contributed by atoms with Gasteiger partial charge >= 0.3 is 5.97 Å². The highest BCUT2D eigenvalue weighted by Crippen LogP contribution is 2.23. The molecule has 0 fully saturated rings. The topological polar surface area (TPSA) is 35.5 Å². The van der Waals surface area contributed by atoms with Crippen LogP contribution in [0.1, 0.15) is 103 Å². The summed E-state index contributed by atoms with van der Waals surface area (Å²) in [4.78, 5) is 12.7. The highest BCUT2D eigenvalue weighted by atomic mass is 16.5. The van der Waals surface area contributed by atoms with Gasteiger partial charge in [0.1, 0.15) is 18.2 Å². The average Bonchev–Trinajstić information content (AvgIpc) is 2.90. The van der Waals surface area contributed by atoms with Crippen LogP contribution in [-0.2, 0) is 22.5 Å². The lowest BCUT2D eigenvalue weighted by Gasteiger charge is -2.32. The Morgan fingerprint density at radius 2 is 1.38 bits per heavy atom. The third kappa shape index (κ3) is 14.6. The predicted molar refractivity (Wildman–Crippen MR) is 164 cm³/mol. The summed E-state index contributed by atoms with van der Waals surface area (Å²) in [6.45, 7) is 8.33. The molecule has 0 saturated heterocycles. The van der Waals surface area contributed by atoms with E-state index in [2.05, 4.69) is 70.4 Å². The Morgan fingerprint density at radius 1 is 0.795 bits per heavy atom. The molecule has 0 aliphatic heterocycles. The zero-order chi connectivity index (χ0) is 28.3. The van der Waals surface area contributed by atoms with Gasteiger partial charge in [-0.15, -0.1) is 0 Å². The van der Waals surface area contributed by atoms with Gasteiger partial charge in [0.2, 0.25) is 0 Å². The minimum Gasteiger partial charge on any atom is -0.490 e. The molecule has 0 amide bonds. The van der Waals surface area contributed by atoms with Crippen molar-refractivity contribution in [2.24, 2.45) is 5.92 Å². The van der Waals surface area contributed by atoms with Gasteiger partial charge in [0.25, 0.3) is 0 Å². The van der Waals surface area contributed by atoms with Gasteiger partial charge in [-0.3, -0.25) is 4.79 Å². The van der Waals surface area contributed by atoms with Crippen LogP contribution in [-0.4, -0.2) is 43.8 Å². The van der Waals surface area contributed by atoms with E-state index in [0.29, 0.717) is 13.0 Å². The van der Waals surface area contributed by atoms with Crippen molar-refractivity contribution in [3.05, 3.63) is 65.7 Å². The number of nitrogens with zero attached hydrogens (tertiary/aromatic N) is 1. The fourth-order valence-electron chi connectivity index (χ4n) is 5.33. The largest absolute Gasteiger partial charge is 0.490 e. The molecule has 2 atom stereocenters. The van der Waals surface area contributed by atoms with Crippen molar-refractivity contribution in [1.82, 2.24) is 0 Å². The molecule has 39 heavy (non-hydrogen) atoms. The van der Waals surface area contributed by atoms with Crippen LogP contribution in [0.15, 0.2) is 54.6 Å². The SMILES string of the molecule is CCCCCCCCCCCCc1ccccc1OC(C)CCOC(=O)C(C)C[N+](C)(C)Cc1ccccc1. The molecule has 0 spiro atoms. The Kier molecular flexibility index (Phi) is 15.9. The smallest absolute Gasteiger partial charge is 0.314 e. The Bertz CT molecular complexity index is 911. The van der Waals surface area contributed by atoms with E-state index in [1.54, 1.807) is 0 Å². The fourth-order valence-corrected chi connectivity index (χ4v) is 5.33. The molecule has 0 radical (unpaired) electrons. The first kappa shape index (κ1) is 32.9. The van der Waals surface area contributed by atoms with Gasteiger partial charge in [0.15, 0.2) is 0 Å². The summed E-state index contributed by atoms with van der Waals surface area (Å²) in [5, 5.41) is 0. The molecule has 0 bridgehead atoms. The van der Waals surface area contributed by atoms with Gasteiger partial charge < -0.3 is 14.0 Å². The van der Waals surface area contributed by atoms with Gasteiger partial charge in [-0.2, -0.15) is 0 Å². The van der Waals surface area contributed by atoms with Crippen molar-refractivity contribution in [2.75, 3.05) is 27.2 Å². The summed E-state index contributed by atoms with van der Waals surface area (Å²) in [5.41, 5.74) is 2.57. The third-order valence-electron chi connectivity index (χ3n) is 7.49. The summed E-state index contributed by atoms with van der Waals surface area (Å²) in [7, 11) is 4.33. The van der Waals surface area contributed by atoms with Crippen LogP contribution in [0.5, 0.6) is 5.75 Å². The molecule has 2 aromatic rings. The van der Waals surface area contributed by atoms with Crippen LogP contribution < -0.4 is 4.74 Å². The second-order valence-electron chi connectivity index (χ2n) is 12.1. The summed E-state index contributed by atoms with van der Waals surface area (Å²) in [6, 6.07) is 18.8. The molecule has 0 aliphatic carbocycles. The number of hydrogen-bond acceptors (Lipinski definition) is 3. The Labute approximate surface area is 239 Å². The van der Waals surface area contributed by atoms with Gasteiger partial charge in [0.05, 0.1) is 33.4 Å². The van der Waals surface area contributed by atoms with Crippen molar-refractivity contribution in [3.8, 4) is 5.75 Å². The Morgan fingerprint density at radius 3 is 2.05 bits per heavy atom. The number of hydrogen-bond donors (Lipinski definition) is 0. The Hall–Kier alpha value is -2.33. The molecule has 2 aromatic carbocycles. The first-order chi connectivity index (χ1) is 18.8. The molecular weight excluding hydrogens is 482 g/mol. The quantitative estimate of drug-likeness (QED) is 0.0905. The number of ether oxygens (including phenoxy) is 2. The van der Waals surface area contributed by atoms with Crippen LogP contribution in [0.3, 0.4) is 0 Å².